The van der Waals surface area contributed by atoms with Crippen molar-refractivity contribution >= 4 is 16.7 Å². The molecule has 4 heterocycles. The number of pyridine rings is 2. The van der Waals surface area contributed by atoms with Gasteiger partial charge in [0.2, 0.25) is 0 Å². The molecule has 1 fully saturated rings. The number of phenols is 1. The molecular weight excluding hydrogens is 534 g/mol. The number of piperidine rings is 1. The Kier molecular flexibility index (Phi) is 7.09. The second-order valence-corrected chi connectivity index (χ2v) is 10.9. The number of nitriles is 1. The van der Waals surface area contributed by atoms with E-state index in [1.54, 1.807) is 24.4 Å². The van der Waals surface area contributed by atoms with E-state index < -0.39 is 11.6 Å². The first-order chi connectivity index (χ1) is 20.2. The Morgan fingerprint density at radius 3 is 2.40 bits per heavy atom. The number of nitrogens with two attached hydrogens (primary N) is 1. The number of phenolic OH excluding ortho intramolecular Hbond substituents is 1. The van der Waals surface area contributed by atoms with Gasteiger partial charge >= 0.3 is 0 Å². The second kappa shape index (κ2) is 10.9. The van der Waals surface area contributed by atoms with Crippen LogP contribution in [0.25, 0.3) is 33.3 Å². The van der Waals surface area contributed by atoms with Crippen LogP contribution in [-0.2, 0) is 0 Å². The number of hydrogen-bond donors (Lipinski definition) is 2. The van der Waals surface area contributed by atoms with Gasteiger partial charge in [-0.2, -0.15) is 5.26 Å². The van der Waals surface area contributed by atoms with Crippen LogP contribution >= 0.6 is 0 Å². The maximum absolute atomic E-state index is 14.5. The summed E-state index contributed by atoms with van der Waals surface area (Å²) in [4.78, 5) is 11.7. The molecule has 1 unspecified atom stereocenters. The van der Waals surface area contributed by atoms with Crippen molar-refractivity contribution < 1.29 is 13.9 Å². The highest BCUT2D eigenvalue weighted by atomic mass is 19.1. The average molecular weight is 565 g/mol. The molecule has 2 aromatic carbocycles. The molecule has 0 bridgehead atoms. The predicted molar refractivity (Wildman–Crippen MR) is 159 cm³/mol. The summed E-state index contributed by atoms with van der Waals surface area (Å²) in [6, 6.07) is 14.3. The second-order valence-electron chi connectivity index (χ2n) is 10.9. The van der Waals surface area contributed by atoms with Crippen LogP contribution in [0.3, 0.4) is 0 Å². The van der Waals surface area contributed by atoms with Crippen molar-refractivity contribution in [2.75, 3.05) is 18.0 Å². The molecule has 42 heavy (non-hydrogen) atoms. The first-order valence-corrected chi connectivity index (χ1v) is 13.9. The third-order valence-corrected chi connectivity index (χ3v) is 8.07. The lowest BCUT2D eigenvalue weighted by atomic mass is 9.95. The van der Waals surface area contributed by atoms with Crippen LogP contribution in [0, 0.1) is 29.9 Å². The average Bonchev–Trinajstić information content (AvgIpc) is 3.36. The summed E-state index contributed by atoms with van der Waals surface area (Å²) in [5.74, 6) is -1.52. The van der Waals surface area contributed by atoms with Crippen LogP contribution in [-0.4, -0.2) is 38.8 Å². The lowest BCUT2D eigenvalue weighted by Gasteiger charge is -2.34. The molecular formula is C33H30F2N6O. The Balaban J connectivity index is 1.70. The molecule has 6 rings (SSSR count). The van der Waals surface area contributed by atoms with Crippen molar-refractivity contribution in [3.63, 3.8) is 0 Å². The minimum atomic E-state index is -0.687. The molecule has 1 aliphatic heterocycles. The first-order valence-electron chi connectivity index (χ1n) is 13.9. The monoisotopic (exact) mass is 564 g/mol. The van der Waals surface area contributed by atoms with Crippen molar-refractivity contribution in [1.29, 1.82) is 5.26 Å². The number of aryl methyl sites for hydroxylation is 1. The Bertz CT molecular complexity index is 1810. The number of aromatic hydroxyl groups is 1. The van der Waals surface area contributed by atoms with Crippen LogP contribution in [0.5, 0.6) is 5.75 Å². The minimum absolute atomic E-state index is 0.0571. The SMILES string of the molecule is Cc1ccc(C(C)n2cc(-c3cccc(C#N)c3O)c3c(N4CCC(N)CC4)c(-c4cc(F)cc(F)c4)cnc32)nc1. The van der Waals surface area contributed by atoms with Gasteiger partial charge in [-0.1, -0.05) is 18.2 Å². The quantitative estimate of drug-likeness (QED) is 0.254. The third kappa shape index (κ3) is 4.84. The molecule has 212 valence electrons. The van der Waals surface area contributed by atoms with Crippen LogP contribution in [0.1, 0.15) is 42.6 Å². The van der Waals surface area contributed by atoms with E-state index in [0.29, 0.717) is 46.4 Å². The van der Waals surface area contributed by atoms with Crippen molar-refractivity contribution in [3.05, 3.63) is 95.6 Å². The molecule has 0 radical (unpaired) electrons. The smallest absolute Gasteiger partial charge is 0.143 e. The Labute approximate surface area is 242 Å². The number of aromatic nitrogens is 3. The molecule has 1 atom stereocenters. The third-order valence-electron chi connectivity index (χ3n) is 8.07. The van der Waals surface area contributed by atoms with Gasteiger partial charge in [0.05, 0.1) is 28.4 Å². The van der Waals surface area contributed by atoms with E-state index in [1.165, 1.54) is 12.1 Å². The fourth-order valence-corrected chi connectivity index (χ4v) is 5.79. The molecule has 7 nitrogen and oxygen atoms in total. The fourth-order valence-electron chi connectivity index (χ4n) is 5.79. The van der Waals surface area contributed by atoms with E-state index in [4.69, 9.17) is 10.7 Å². The lowest BCUT2D eigenvalue weighted by molar-refractivity contribution is 0.475. The summed E-state index contributed by atoms with van der Waals surface area (Å²) >= 11 is 0. The summed E-state index contributed by atoms with van der Waals surface area (Å²) in [7, 11) is 0. The summed E-state index contributed by atoms with van der Waals surface area (Å²) in [5, 5.41) is 21.6. The van der Waals surface area contributed by atoms with Crippen molar-refractivity contribution in [1.82, 2.24) is 14.5 Å². The van der Waals surface area contributed by atoms with E-state index >= 15 is 0 Å². The lowest BCUT2D eigenvalue weighted by Crippen LogP contribution is -2.40. The van der Waals surface area contributed by atoms with Crippen molar-refractivity contribution in [2.45, 2.75) is 38.8 Å². The van der Waals surface area contributed by atoms with Gasteiger partial charge in [-0.05, 0) is 62.1 Å². The molecule has 3 N–H and O–H groups in total. The number of rotatable bonds is 5. The predicted octanol–water partition coefficient (Wildman–Crippen LogP) is 6.47. The molecule has 0 saturated carbocycles. The normalized spacial score (nSPS) is 14.7. The highest BCUT2D eigenvalue weighted by Crippen LogP contribution is 2.46. The van der Waals surface area contributed by atoms with Crippen LogP contribution in [0.15, 0.2) is 67.1 Å². The van der Waals surface area contributed by atoms with Crippen LogP contribution in [0.2, 0.25) is 0 Å². The van der Waals surface area contributed by atoms with Gasteiger partial charge in [0.15, 0.2) is 0 Å². The highest BCUT2D eigenvalue weighted by Gasteiger charge is 2.28. The summed E-state index contributed by atoms with van der Waals surface area (Å²) < 4.78 is 31.0. The number of benzene rings is 2. The Morgan fingerprint density at radius 1 is 1.00 bits per heavy atom. The molecule has 1 saturated heterocycles. The minimum Gasteiger partial charge on any atom is -0.506 e. The van der Waals surface area contributed by atoms with Gasteiger partial charge in [-0.3, -0.25) is 4.98 Å². The molecule has 0 spiro atoms. The summed E-state index contributed by atoms with van der Waals surface area (Å²) in [5.41, 5.74) is 11.6. The van der Waals surface area contributed by atoms with Crippen molar-refractivity contribution in [2.24, 2.45) is 5.73 Å². The zero-order chi connectivity index (χ0) is 29.5. The molecule has 0 amide bonds. The highest BCUT2D eigenvalue weighted by molar-refractivity contribution is 6.09. The molecule has 1 aliphatic rings. The van der Waals surface area contributed by atoms with Gasteiger partial charge in [-0.25, -0.2) is 13.8 Å². The molecule has 3 aromatic heterocycles. The van der Waals surface area contributed by atoms with Gasteiger partial charge < -0.3 is 20.3 Å². The molecule has 0 aliphatic carbocycles. The van der Waals surface area contributed by atoms with Crippen molar-refractivity contribution in [3.8, 4) is 34.1 Å². The summed E-state index contributed by atoms with van der Waals surface area (Å²) in [6.45, 7) is 5.26. The summed E-state index contributed by atoms with van der Waals surface area (Å²) in [6.07, 6.45) is 6.87. The maximum Gasteiger partial charge on any atom is 0.143 e. The zero-order valence-corrected chi connectivity index (χ0v) is 23.4. The van der Waals surface area contributed by atoms with Gasteiger partial charge in [0, 0.05) is 60.5 Å². The van der Waals surface area contributed by atoms with Crippen LogP contribution < -0.4 is 10.6 Å². The number of fused-ring (bicyclic) bond motifs is 1. The largest absolute Gasteiger partial charge is 0.506 e. The Morgan fingerprint density at radius 2 is 1.74 bits per heavy atom. The van der Waals surface area contributed by atoms with E-state index in [9.17, 15) is 19.1 Å². The van der Waals surface area contributed by atoms with E-state index in [1.807, 2.05) is 42.9 Å². The standard InChI is InChI=1S/C33H30F2N6O/c1-19-6-7-29(38-16-19)20(2)41-18-28(26-5-3-4-21(15-36)32(26)42)30-31(40-10-8-25(37)9-11-40)27(17-39-33(30)41)22-12-23(34)14-24(35)13-22/h3-7,12-14,16-18,20,25,42H,8-11,37H2,1-2H3. The fraction of sp³-hybridized carbons (Fsp3) is 0.242. The first kappa shape index (κ1) is 27.4. The van der Waals surface area contributed by atoms with E-state index in [-0.39, 0.29) is 23.4 Å². The number of nitrogens with zero attached hydrogens (tertiary/aromatic N) is 5. The van der Waals surface area contributed by atoms with Crippen LogP contribution in [0.4, 0.5) is 14.5 Å². The number of para-hydroxylation sites is 1. The maximum atomic E-state index is 14.5. The molecule has 5 aromatic rings. The Hall–Kier alpha value is -4.81. The van der Waals surface area contributed by atoms with Gasteiger partial charge in [0.1, 0.15) is 29.1 Å². The number of halogens is 2. The van der Waals surface area contributed by atoms with Gasteiger partial charge in [0.25, 0.3) is 0 Å². The van der Waals surface area contributed by atoms with Gasteiger partial charge in [-0.15, -0.1) is 0 Å². The van der Waals surface area contributed by atoms with E-state index in [2.05, 4.69) is 16.0 Å². The topological polar surface area (TPSA) is 104 Å². The zero-order valence-electron chi connectivity index (χ0n) is 23.4. The number of anilines is 1. The number of hydrogen-bond acceptors (Lipinski definition) is 6. The molecule has 9 heteroatoms. The van der Waals surface area contributed by atoms with E-state index in [0.717, 1.165) is 35.9 Å².